The van der Waals surface area contributed by atoms with Crippen molar-refractivity contribution < 1.29 is 18.0 Å². The summed E-state index contributed by atoms with van der Waals surface area (Å²) in [5.74, 6) is -0.917. The third kappa shape index (κ3) is 3.79. The van der Waals surface area contributed by atoms with E-state index < -0.39 is 27.4 Å². The molecule has 2 amide bonds. The van der Waals surface area contributed by atoms with E-state index in [0.29, 0.717) is 5.69 Å². The van der Waals surface area contributed by atoms with Gasteiger partial charge in [0.15, 0.2) is 0 Å². The van der Waals surface area contributed by atoms with Crippen LogP contribution in [0.15, 0.2) is 23.1 Å². The lowest BCUT2D eigenvalue weighted by Gasteiger charge is -2.20. The van der Waals surface area contributed by atoms with Gasteiger partial charge in [0, 0.05) is 5.54 Å². The second-order valence-electron chi connectivity index (χ2n) is 5.84. The summed E-state index contributed by atoms with van der Waals surface area (Å²) in [4.78, 5) is 23.0. The van der Waals surface area contributed by atoms with Gasteiger partial charge in [0.05, 0.1) is 16.3 Å². The molecule has 1 aromatic carbocycles. The summed E-state index contributed by atoms with van der Waals surface area (Å²) in [5.41, 5.74) is 0.0199. The average Bonchev–Trinajstić information content (AvgIpc) is 2.41. The quantitative estimate of drug-likeness (QED) is 0.710. The predicted octanol–water partition coefficient (Wildman–Crippen LogP) is 1.04. The summed E-state index contributed by atoms with van der Waals surface area (Å²) in [6.07, 6.45) is -0.295. The zero-order chi connectivity index (χ0) is 15.8. The number of rotatable bonds is 2. The van der Waals surface area contributed by atoms with Crippen molar-refractivity contribution in [1.29, 1.82) is 0 Å². The highest BCUT2D eigenvalue weighted by Crippen LogP contribution is 2.28. The average molecular weight is 311 g/mol. The minimum atomic E-state index is -3.71. The topological polar surface area (TPSA) is 104 Å². The number of amides is 2. The molecule has 0 bridgehead atoms. The lowest BCUT2D eigenvalue weighted by atomic mass is 10.1. The van der Waals surface area contributed by atoms with Crippen molar-refractivity contribution >= 4 is 33.2 Å². The van der Waals surface area contributed by atoms with Crippen molar-refractivity contribution in [3.8, 4) is 0 Å². The van der Waals surface area contributed by atoms with Crippen LogP contribution >= 0.6 is 0 Å². The predicted molar refractivity (Wildman–Crippen MR) is 78.4 cm³/mol. The minimum Gasteiger partial charge on any atom is -0.324 e. The largest absolute Gasteiger partial charge is 0.324 e. The Hall–Kier alpha value is -1.93. The molecule has 0 atom stereocenters. The zero-order valence-electron chi connectivity index (χ0n) is 12.0. The molecule has 114 valence electrons. The number of carbonyl (C=O) groups is 2. The molecular weight excluding hydrogens is 294 g/mol. The third-order valence-electron chi connectivity index (χ3n) is 2.61. The van der Waals surface area contributed by atoms with Crippen LogP contribution in [0.3, 0.4) is 0 Å². The molecule has 0 aliphatic carbocycles. The molecule has 0 radical (unpaired) electrons. The molecule has 0 unspecified atom stereocenters. The number of sulfonamides is 1. The Bertz CT molecular complexity index is 705. The summed E-state index contributed by atoms with van der Waals surface area (Å²) in [5, 5.41) is 5.06. The van der Waals surface area contributed by atoms with Gasteiger partial charge in [0.2, 0.25) is 21.8 Å². The molecule has 0 fully saturated rings. The minimum absolute atomic E-state index is 0.0209. The summed E-state index contributed by atoms with van der Waals surface area (Å²) in [6, 6.07) is 4.16. The summed E-state index contributed by atoms with van der Waals surface area (Å²) in [6.45, 7) is 5.20. The fourth-order valence-corrected chi connectivity index (χ4v) is 3.34. The first kappa shape index (κ1) is 15.5. The molecule has 1 aromatic rings. The summed E-state index contributed by atoms with van der Waals surface area (Å²) < 4.78 is 27.0. The SMILES string of the molecule is CC(C)(C)NS(=O)(=O)c1ccc2c(c1)NC(=O)CC(=O)N2. The molecular formula is C13H17N3O4S. The second kappa shape index (κ2) is 5.12. The molecule has 1 aliphatic heterocycles. The highest BCUT2D eigenvalue weighted by atomic mass is 32.2. The van der Waals surface area contributed by atoms with Crippen molar-refractivity contribution in [1.82, 2.24) is 4.72 Å². The number of benzene rings is 1. The van der Waals surface area contributed by atoms with Gasteiger partial charge in [-0.25, -0.2) is 13.1 Å². The summed E-state index contributed by atoms with van der Waals surface area (Å²) in [7, 11) is -3.71. The number of hydrogen-bond acceptors (Lipinski definition) is 4. The second-order valence-corrected chi connectivity index (χ2v) is 7.52. The first-order valence-corrected chi connectivity index (χ1v) is 7.83. The Labute approximate surface area is 123 Å². The van der Waals surface area contributed by atoms with Gasteiger partial charge in [-0.15, -0.1) is 0 Å². The van der Waals surface area contributed by atoms with Crippen LogP contribution in [0.4, 0.5) is 11.4 Å². The molecule has 0 aromatic heterocycles. The first-order chi connectivity index (χ1) is 9.57. The van der Waals surface area contributed by atoms with Crippen LogP contribution in [0.5, 0.6) is 0 Å². The van der Waals surface area contributed by atoms with Gasteiger partial charge in [0.25, 0.3) is 0 Å². The van der Waals surface area contributed by atoms with Gasteiger partial charge in [-0.3, -0.25) is 9.59 Å². The van der Waals surface area contributed by atoms with E-state index in [1.807, 2.05) is 0 Å². The van der Waals surface area contributed by atoms with Gasteiger partial charge in [-0.1, -0.05) is 0 Å². The van der Waals surface area contributed by atoms with Crippen molar-refractivity contribution in [3.05, 3.63) is 18.2 Å². The van der Waals surface area contributed by atoms with Crippen LogP contribution in [0.25, 0.3) is 0 Å². The Morgan fingerprint density at radius 1 is 1.05 bits per heavy atom. The highest BCUT2D eigenvalue weighted by molar-refractivity contribution is 7.89. The highest BCUT2D eigenvalue weighted by Gasteiger charge is 2.24. The van der Waals surface area contributed by atoms with E-state index in [4.69, 9.17) is 0 Å². The Morgan fingerprint density at radius 2 is 1.62 bits per heavy atom. The molecule has 7 nitrogen and oxygen atoms in total. The molecule has 2 rings (SSSR count). The van der Waals surface area contributed by atoms with Crippen LogP contribution in [-0.4, -0.2) is 25.8 Å². The maximum atomic E-state index is 12.3. The van der Waals surface area contributed by atoms with Gasteiger partial charge in [0.1, 0.15) is 6.42 Å². The van der Waals surface area contributed by atoms with Gasteiger partial charge >= 0.3 is 0 Å². The van der Waals surface area contributed by atoms with E-state index in [0.717, 1.165) is 0 Å². The van der Waals surface area contributed by atoms with E-state index in [1.165, 1.54) is 18.2 Å². The zero-order valence-corrected chi connectivity index (χ0v) is 12.8. The monoisotopic (exact) mass is 311 g/mol. The maximum Gasteiger partial charge on any atom is 0.241 e. The smallest absolute Gasteiger partial charge is 0.241 e. The van der Waals surface area contributed by atoms with Gasteiger partial charge < -0.3 is 10.6 Å². The number of hydrogen-bond donors (Lipinski definition) is 3. The van der Waals surface area contributed by atoms with Crippen LogP contribution < -0.4 is 15.4 Å². The van der Waals surface area contributed by atoms with Crippen molar-refractivity contribution in [2.24, 2.45) is 0 Å². The number of fused-ring (bicyclic) bond motifs is 1. The molecule has 0 saturated heterocycles. The Kier molecular flexibility index (Phi) is 3.77. The Morgan fingerprint density at radius 3 is 2.19 bits per heavy atom. The third-order valence-corrected chi connectivity index (χ3v) is 4.37. The molecule has 0 saturated carbocycles. The number of carbonyl (C=O) groups excluding carboxylic acids is 2. The standard InChI is InChI=1S/C13H17N3O4S/c1-13(2,3)16-21(19,20)8-4-5-9-10(6-8)15-12(18)7-11(17)14-9/h4-6,16H,7H2,1-3H3,(H,14,17)(H,15,18). The normalized spacial score (nSPS) is 15.8. The van der Waals surface area contributed by atoms with E-state index in [2.05, 4.69) is 15.4 Å². The fraction of sp³-hybridized carbons (Fsp3) is 0.385. The van der Waals surface area contributed by atoms with E-state index in [1.54, 1.807) is 20.8 Å². The lowest BCUT2D eigenvalue weighted by molar-refractivity contribution is -0.123. The van der Waals surface area contributed by atoms with Gasteiger partial charge in [-0.05, 0) is 39.0 Å². The van der Waals surface area contributed by atoms with Crippen molar-refractivity contribution in [2.45, 2.75) is 37.6 Å². The molecule has 0 spiro atoms. The molecule has 1 aliphatic rings. The molecule has 8 heteroatoms. The van der Waals surface area contributed by atoms with Crippen LogP contribution in [-0.2, 0) is 19.6 Å². The summed E-state index contributed by atoms with van der Waals surface area (Å²) >= 11 is 0. The van der Waals surface area contributed by atoms with E-state index in [9.17, 15) is 18.0 Å². The Balaban J connectivity index is 2.42. The van der Waals surface area contributed by atoms with Crippen molar-refractivity contribution in [2.75, 3.05) is 10.6 Å². The van der Waals surface area contributed by atoms with Crippen LogP contribution in [0, 0.1) is 0 Å². The van der Waals surface area contributed by atoms with Crippen LogP contribution in [0.2, 0.25) is 0 Å². The van der Waals surface area contributed by atoms with Crippen molar-refractivity contribution in [3.63, 3.8) is 0 Å². The molecule has 1 heterocycles. The van der Waals surface area contributed by atoms with E-state index >= 15 is 0 Å². The number of anilines is 2. The van der Waals surface area contributed by atoms with Gasteiger partial charge in [-0.2, -0.15) is 0 Å². The number of nitrogens with one attached hydrogen (secondary N) is 3. The van der Waals surface area contributed by atoms with Crippen LogP contribution in [0.1, 0.15) is 27.2 Å². The van der Waals surface area contributed by atoms with E-state index in [-0.39, 0.29) is 17.0 Å². The first-order valence-electron chi connectivity index (χ1n) is 6.34. The maximum absolute atomic E-state index is 12.3. The molecule has 3 N–H and O–H groups in total. The fourth-order valence-electron chi connectivity index (χ4n) is 1.90. The molecule has 21 heavy (non-hydrogen) atoms. The lowest BCUT2D eigenvalue weighted by Crippen LogP contribution is -2.40.